The molecule has 0 aliphatic rings. The van der Waals surface area contributed by atoms with Gasteiger partial charge in [-0.1, -0.05) is 30.3 Å². The highest BCUT2D eigenvalue weighted by Crippen LogP contribution is 2.40. The third-order valence-corrected chi connectivity index (χ3v) is 6.19. The van der Waals surface area contributed by atoms with E-state index in [2.05, 4.69) is 28.5 Å². The Hall–Kier alpha value is -3.88. The smallest absolute Gasteiger partial charge is 0.228 e. The average Bonchev–Trinajstić information content (AvgIpc) is 3.49. The lowest BCUT2D eigenvalue weighted by atomic mass is 9.94. The molecule has 5 rings (SSSR count). The number of methoxy groups -OCH3 is 1. The second-order valence-corrected chi connectivity index (χ2v) is 9.02. The van der Waals surface area contributed by atoms with Gasteiger partial charge in [-0.3, -0.25) is 0 Å². The fourth-order valence-electron chi connectivity index (χ4n) is 4.44. The van der Waals surface area contributed by atoms with Crippen LogP contribution in [-0.2, 0) is 18.3 Å². The average molecular weight is 486 g/mol. The molecule has 0 spiro atoms. The van der Waals surface area contributed by atoms with Crippen molar-refractivity contribution in [3.05, 3.63) is 77.9 Å². The van der Waals surface area contributed by atoms with Gasteiger partial charge in [-0.05, 0) is 60.4 Å². The van der Waals surface area contributed by atoms with E-state index >= 15 is 0 Å². The minimum absolute atomic E-state index is 0.238. The lowest BCUT2D eigenvalue weighted by Gasteiger charge is -2.13. The number of nitrogens with one attached hydrogen (secondary N) is 1. The molecular formula is C28H28FN5O2. The number of benzene rings is 3. The molecule has 7 nitrogen and oxygen atoms in total. The van der Waals surface area contributed by atoms with E-state index in [1.54, 1.807) is 25.6 Å². The molecule has 1 atom stereocenters. The summed E-state index contributed by atoms with van der Waals surface area (Å²) in [5, 5.41) is 11.9. The molecule has 0 aliphatic heterocycles. The third-order valence-electron chi connectivity index (χ3n) is 6.19. The van der Waals surface area contributed by atoms with Crippen molar-refractivity contribution in [3.8, 4) is 34.0 Å². The summed E-state index contributed by atoms with van der Waals surface area (Å²) in [6.07, 6.45) is 1.65. The van der Waals surface area contributed by atoms with Crippen molar-refractivity contribution < 1.29 is 13.5 Å². The first-order valence-corrected chi connectivity index (χ1v) is 11.8. The van der Waals surface area contributed by atoms with Gasteiger partial charge in [-0.15, -0.1) is 10.2 Å². The Morgan fingerprint density at radius 3 is 2.61 bits per heavy atom. The van der Waals surface area contributed by atoms with Crippen LogP contribution in [-0.4, -0.2) is 39.5 Å². The Morgan fingerprint density at radius 2 is 1.89 bits per heavy atom. The van der Waals surface area contributed by atoms with E-state index in [9.17, 15) is 4.39 Å². The van der Waals surface area contributed by atoms with E-state index in [1.807, 2.05) is 42.8 Å². The normalized spacial score (nSPS) is 12.4. The highest BCUT2D eigenvalue weighted by Gasteiger charge is 2.22. The zero-order chi connectivity index (χ0) is 25.2. The molecule has 3 aromatic carbocycles. The Bertz CT molecular complexity index is 1510. The number of oxazole rings is 1. The highest BCUT2D eigenvalue weighted by molar-refractivity contribution is 5.92. The van der Waals surface area contributed by atoms with E-state index in [1.165, 1.54) is 12.1 Å². The fourth-order valence-corrected chi connectivity index (χ4v) is 4.44. The summed E-state index contributed by atoms with van der Waals surface area (Å²) in [7, 11) is 3.59. The third kappa shape index (κ3) is 4.65. The van der Waals surface area contributed by atoms with E-state index in [0.717, 1.165) is 44.5 Å². The van der Waals surface area contributed by atoms with Crippen LogP contribution in [0.25, 0.3) is 45.1 Å². The molecule has 36 heavy (non-hydrogen) atoms. The molecule has 2 heterocycles. The van der Waals surface area contributed by atoms with Gasteiger partial charge in [-0.2, -0.15) is 0 Å². The molecule has 0 amide bonds. The van der Waals surface area contributed by atoms with Crippen molar-refractivity contribution in [2.75, 3.05) is 13.7 Å². The molecule has 0 unspecified atom stereocenters. The highest BCUT2D eigenvalue weighted by atomic mass is 19.1. The molecule has 184 valence electrons. The van der Waals surface area contributed by atoms with Crippen LogP contribution < -0.4 is 5.32 Å². The van der Waals surface area contributed by atoms with Crippen molar-refractivity contribution in [2.45, 2.75) is 26.4 Å². The summed E-state index contributed by atoms with van der Waals surface area (Å²) in [4.78, 5) is 4.88. The summed E-state index contributed by atoms with van der Waals surface area (Å²) >= 11 is 0. The van der Waals surface area contributed by atoms with Gasteiger partial charge in [0.2, 0.25) is 5.89 Å². The molecular weight excluding hydrogens is 457 g/mol. The van der Waals surface area contributed by atoms with Crippen molar-refractivity contribution in [3.63, 3.8) is 0 Å². The molecule has 1 N–H and O–H groups in total. The largest absolute Gasteiger partial charge is 0.436 e. The monoisotopic (exact) mass is 485 g/mol. The van der Waals surface area contributed by atoms with Gasteiger partial charge in [0.05, 0.1) is 6.61 Å². The van der Waals surface area contributed by atoms with Gasteiger partial charge >= 0.3 is 0 Å². The Labute approximate surface area is 209 Å². The molecule has 0 bridgehead atoms. The summed E-state index contributed by atoms with van der Waals surface area (Å²) < 4.78 is 27.0. The second kappa shape index (κ2) is 10.0. The maximum atomic E-state index is 13.6. The molecule has 0 radical (unpaired) electrons. The van der Waals surface area contributed by atoms with Gasteiger partial charge < -0.3 is 19.0 Å². The fraction of sp³-hybridized carbons (Fsp3) is 0.250. The Balaban J connectivity index is 1.62. The van der Waals surface area contributed by atoms with Gasteiger partial charge in [0.25, 0.3) is 0 Å². The standard InChI is InChI=1S/C28H28FN5O2/c1-17-12-19(14-30-18(2)15-35-4)13-24-26(17)36-28(32-24)23-7-5-6-22(20-8-10-21(29)11-9-20)25(23)27-33-31-16-34(27)3/h5-13,16,18,30H,14-15H2,1-4H3/t18-/m0/s1. The van der Waals surface area contributed by atoms with E-state index in [4.69, 9.17) is 14.1 Å². The lowest BCUT2D eigenvalue weighted by molar-refractivity contribution is 0.171. The molecule has 0 saturated carbocycles. The zero-order valence-electron chi connectivity index (χ0n) is 20.7. The number of ether oxygens (including phenoxy) is 1. The van der Waals surface area contributed by atoms with Gasteiger partial charge in [-0.25, -0.2) is 9.37 Å². The molecule has 0 fully saturated rings. The quantitative estimate of drug-likeness (QED) is 0.311. The van der Waals surface area contributed by atoms with Crippen LogP contribution in [0.5, 0.6) is 0 Å². The number of rotatable bonds is 8. The molecule has 0 aliphatic carbocycles. The number of hydrogen-bond donors (Lipinski definition) is 1. The van der Waals surface area contributed by atoms with Crippen molar-refractivity contribution in [2.24, 2.45) is 7.05 Å². The summed E-state index contributed by atoms with van der Waals surface area (Å²) in [5.41, 5.74) is 7.03. The predicted molar refractivity (Wildman–Crippen MR) is 138 cm³/mol. The maximum absolute atomic E-state index is 13.6. The second-order valence-electron chi connectivity index (χ2n) is 9.02. The van der Waals surface area contributed by atoms with E-state index in [-0.39, 0.29) is 11.9 Å². The van der Waals surface area contributed by atoms with Crippen LogP contribution in [0.15, 0.2) is 65.3 Å². The van der Waals surface area contributed by atoms with Crippen molar-refractivity contribution >= 4 is 11.1 Å². The summed E-state index contributed by atoms with van der Waals surface area (Å²) in [5.74, 6) is 0.875. The first-order valence-electron chi connectivity index (χ1n) is 11.8. The maximum Gasteiger partial charge on any atom is 0.228 e. The minimum Gasteiger partial charge on any atom is -0.436 e. The van der Waals surface area contributed by atoms with Crippen molar-refractivity contribution in [1.29, 1.82) is 0 Å². The van der Waals surface area contributed by atoms with Crippen LogP contribution in [0.4, 0.5) is 4.39 Å². The molecule has 5 aromatic rings. The first kappa shape index (κ1) is 23.8. The predicted octanol–water partition coefficient (Wildman–Crippen LogP) is 5.53. The van der Waals surface area contributed by atoms with Gasteiger partial charge in [0.15, 0.2) is 11.4 Å². The van der Waals surface area contributed by atoms with E-state index < -0.39 is 0 Å². The molecule has 2 aromatic heterocycles. The number of halogens is 1. The number of hydrogen-bond acceptors (Lipinski definition) is 6. The molecule has 8 heteroatoms. The van der Waals surface area contributed by atoms with Gasteiger partial charge in [0, 0.05) is 37.9 Å². The number of nitrogens with zero attached hydrogens (tertiary/aromatic N) is 4. The summed E-state index contributed by atoms with van der Waals surface area (Å²) in [6, 6.07) is 16.7. The number of fused-ring (bicyclic) bond motifs is 1. The van der Waals surface area contributed by atoms with Gasteiger partial charge in [0.1, 0.15) is 17.7 Å². The van der Waals surface area contributed by atoms with Crippen LogP contribution in [0.2, 0.25) is 0 Å². The number of aryl methyl sites for hydroxylation is 2. The van der Waals surface area contributed by atoms with Crippen LogP contribution in [0, 0.1) is 12.7 Å². The SMILES string of the molecule is COC[C@H](C)NCc1cc(C)c2oc(-c3cccc(-c4ccc(F)cc4)c3-c3nncn3C)nc2c1. The minimum atomic E-state index is -0.286. The van der Waals surface area contributed by atoms with Crippen molar-refractivity contribution in [1.82, 2.24) is 25.1 Å². The van der Waals surface area contributed by atoms with Crippen LogP contribution in [0.1, 0.15) is 18.1 Å². The molecule has 0 saturated heterocycles. The summed E-state index contributed by atoms with van der Waals surface area (Å²) in [6.45, 7) is 5.46. The van der Waals surface area contributed by atoms with Crippen LogP contribution >= 0.6 is 0 Å². The van der Waals surface area contributed by atoms with E-state index in [0.29, 0.717) is 24.9 Å². The van der Waals surface area contributed by atoms with Crippen LogP contribution in [0.3, 0.4) is 0 Å². The Morgan fingerprint density at radius 1 is 1.11 bits per heavy atom. The Kier molecular flexibility index (Phi) is 6.63. The number of aromatic nitrogens is 4. The lowest BCUT2D eigenvalue weighted by Crippen LogP contribution is -2.29. The first-order chi connectivity index (χ1) is 17.4. The zero-order valence-corrected chi connectivity index (χ0v) is 20.7. The topological polar surface area (TPSA) is 78.0 Å².